The summed E-state index contributed by atoms with van der Waals surface area (Å²) in [7, 11) is 4.88. The van der Waals surface area contributed by atoms with Gasteiger partial charge in [-0.2, -0.15) is 0 Å². The second-order valence-corrected chi connectivity index (χ2v) is 24.1. The van der Waals surface area contributed by atoms with Crippen molar-refractivity contribution < 1.29 is 166 Å². The number of hydrogen-bond donors (Lipinski definition) is 5. The van der Waals surface area contributed by atoms with Crippen molar-refractivity contribution in [2.75, 3.05) is 437 Å². The highest BCUT2D eigenvalue weighted by atomic mass is 16.6. The van der Waals surface area contributed by atoms with E-state index >= 15 is 0 Å². The monoisotopic (exact) mass is 1680 g/mol. The maximum absolute atomic E-state index is 13.8. The van der Waals surface area contributed by atoms with Crippen molar-refractivity contribution in [3.8, 4) is 0 Å². The summed E-state index contributed by atoms with van der Waals surface area (Å²) in [5.41, 5.74) is 4.08. The van der Waals surface area contributed by atoms with Crippen LogP contribution in [0, 0.1) is 0 Å². The van der Waals surface area contributed by atoms with E-state index in [2.05, 4.69) is 21.3 Å². The second-order valence-electron chi connectivity index (χ2n) is 24.1. The molecule has 4 amide bonds. The maximum atomic E-state index is 13.8. The van der Waals surface area contributed by atoms with Gasteiger partial charge in [-0.05, 0) is 0 Å². The van der Waals surface area contributed by atoms with Crippen LogP contribution in [0.5, 0.6) is 0 Å². The Kier molecular flexibility index (Phi) is 94.8. The van der Waals surface area contributed by atoms with Crippen LogP contribution < -0.4 is 27.0 Å². The van der Waals surface area contributed by atoms with E-state index in [4.69, 9.17) is 153 Å². The van der Waals surface area contributed by atoms with Crippen LogP contribution in [0.3, 0.4) is 0 Å². The van der Waals surface area contributed by atoms with E-state index in [0.717, 1.165) is 0 Å². The molecule has 0 saturated heterocycles. The van der Waals surface area contributed by atoms with E-state index in [-0.39, 0.29) is 142 Å². The first-order chi connectivity index (χ1) is 56.8. The van der Waals surface area contributed by atoms with Crippen LogP contribution in [0.4, 0.5) is 0 Å². The molecule has 0 unspecified atom stereocenters. The molecular formula is C75H149N5O35. The molecule has 0 fully saturated rings. The van der Waals surface area contributed by atoms with Crippen molar-refractivity contribution in [1.82, 2.24) is 21.3 Å². The van der Waals surface area contributed by atoms with Gasteiger partial charge < -0.3 is 174 Å². The Bertz CT molecular complexity index is 1800. The van der Waals surface area contributed by atoms with E-state index in [0.29, 0.717) is 317 Å². The zero-order valence-electron chi connectivity index (χ0n) is 69.7. The Labute approximate surface area is 682 Å². The lowest BCUT2D eigenvalue weighted by Crippen LogP contribution is -2.59. The first-order valence-corrected chi connectivity index (χ1v) is 40.3. The molecular weight excluding hydrogens is 1530 g/mol. The van der Waals surface area contributed by atoms with Crippen LogP contribution in [0.1, 0.15) is 25.7 Å². The van der Waals surface area contributed by atoms with Gasteiger partial charge in [0.05, 0.1) is 390 Å². The third-order valence-electron chi connectivity index (χ3n) is 14.5. The Hall–Kier alpha value is -3.40. The smallest absolute Gasteiger partial charge is 0.222 e. The van der Waals surface area contributed by atoms with E-state index in [1.807, 2.05) is 0 Å². The van der Waals surface area contributed by atoms with Gasteiger partial charge in [-0.15, -0.1) is 0 Å². The fraction of sp³-hybridized carbons (Fsp3) is 0.947. The number of nitrogens with two attached hydrogens (primary N) is 1. The van der Waals surface area contributed by atoms with Crippen molar-refractivity contribution in [2.45, 2.75) is 31.2 Å². The first kappa shape index (κ1) is 112. The molecule has 40 heteroatoms. The number of rotatable bonds is 102. The molecule has 0 radical (unpaired) electrons. The molecule has 40 nitrogen and oxygen atoms in total. The molecule has 0 heterocycles. The molecule has 0 aliphatic carbocycles. The first-order valence-electron chi connectivity index (χ1n) is 40.3. The average Bonchev–Trinajstić information content (AvgIpc) is 0.855. The zero-order chi connectivity index (χ0) is 82.9. The molecule has 6 N–H and O–H groups in total. The predicted molar refractivity (Wildman–Crippen MR) is 416 cm³/mol. The molecule has 0 aromatic rings. The third-order valence-corrected chi connectivity index (χ3v) is 14.5. The minimum atomic E-state index is -1.36. The van der Waals surface area contributed by atoms with Crippen LogP contribution in [0.25, 0.3) is 0 Å². The summed E-state index contributed by atoms with van der Waals surface area (Å²) in [6.07, 6.45) is -0.142. The van der Waals surface area contributed by atoms with Gasteiger partial charge in [0.15, 0.2) is 0 Å². The molecule has 115 heavy (non-hydrogen) atoms. The highest BCUT2D eigenvalue weighted by Gasteiger charge is 2.34. The topological polar surface area (TPSA) is 429 Å². The summed E-state index contributed by atoms with van der Waals surface area (Å²) in [5.74, 6) is -1.32. The molecule has 0 rings (SSSR count). The number of carbonyl (C=O) groups excluding carboxylic acids is 4. The van der Waals surface area contributed by atoms with E-state index in [1.54, 1.807) is 21.3 Å². The summed E-state index contributed by atoms with van der Waals surface area (Å²) in [6.45, 7) is 22.4. The fourth-order valence-corrected chi connectivity index (χ4v) is 8.64. The van der Waals surface area contributed by atoms with Gasteiger partial charge >= 0.3 is 0 Å². The van der Waals surface area contributed by atoms with Gasteiger partial charge in [0.25, 0.3) is 0 Å². The minimum Gasteiger partial charge on any atom is -0.382 e. The second kappa shape index (κ2) is 97.7. The normalized spacial score (nSPS) is 11.7. The van der Waals surface area contributed by atoms with Crippen LogP contribution in [0.15, 0.2) is 0 Å². The molecule has 0 aromatic heterocycles. The molecule has 0 spiro atoms. The van der Waals surface area contributed by atoms with Crippen LogP contribution in [0.2, 0.25) is 0 Å². The van der Waals surface area contributed by atoms with Crippen molar-refractivity contribution in [2.24, 2.45) is 5.73 Å². The van der Waals surface area contributed by atoms with Crippen molar-refractivity contribution >= 4 is 23.6 Å². The fourth-order valence-electron chi connectivity index (χ4n) is 8.64. The SMILES string of the molecule is COCCOCCOCCOCCOCCOCCOCCOCCNC(=O)CCOCC(COCCC(=O)NCCOCCOCCOCCOCCOCCOCCOCCOC)(COCCC(=O)NCCOCCOCCOCCOCCOCCOCCOCCOC)NC(=O)CCOCCOCCOCCOCCN. The van der Waals surface area contributed by atoms with E-state index in [1.165, 1.54) is 0 Å². The molecule has 684 valence electrons. The van der Waals surface area contributed by atoms with Gasteiger partial charge in [0, 0.05) is 73.2 Å². The number of carbonyl (C=O) groups is 4. The summed E-state index contributed by atoms with van der Waals surface area (Å²) in [4.78, 5) is 52.6. The molecule has 0 aliphatic rings. The summed E-state index contributed by atoms with van der Waals surface area (Å²) in [5, 5.41) is 11.5. The Balaban J connectivity index is 5.17. The Morgan fingerprint density at radius 3 is 0.522 bits per heavy atom. The highest BCUT2D eigenvalue weighted by Crippen LogP contribution is 2.12. The quantitative estimate of drug-likeness (QED) is 0.0416. The molecule has 0 aromatic carbocycles. The lowest BCUT2D eigenvalue weighted by molar-refractivity contribution is -0.131. The lowest BCUT2D eigenvalue weighted by Gasteiger charge is -2.34. The maximum Gasteiger partial charge on any atom is 0.222 e. The number of methoxy groups -OCH3 is 3. The van der Waals surface area contributed by atoms with Crippen LogP contribution in [-0.4, -0.2) is 466 Å². The number of nitrogens with one attached hydrogen (secondary N) is 4. The summed E-state index contributed by atoms with van der Waals surface area (Å²) < 4.78 is 171. The van der Waals surface area contributed by atoms with Crippen LogP contribution >= 0.6 is 0 Å². The number of hydrogen-bond acceptors (Lipinski definition) is 36. The predicted octanol–water partition coefficient (Wildman–Crippen LogP) is -1.89. The molecule has 0 bridgehead atoms. The van der Waals surface area contributed by atoms with Crippen molar-refractivity contribution in [3.05, 3.63) is 0 Å². The molecule has 0 aliphatic heterocycles. The van der Waals surface area contributed by atoms with E-state index < -0.39 is 11.4 Å². The van der Waals surface area contributed by atoms with E-state index in [9.17, 15) is 19.2 Å². The molecule has 0 atom stereocenters. The third kappa shape index (κ3) is 92.7. The summed E-state index contributed by atoms with van der Waals surface area (Å²) in [6, 6.07) is 0. The molecule has 0 saturated carbocycles. The van der Waals surface area contributed by atoms with Gasteiger partial charge in [0.1, 0.15) is 5.54 Å². The zero-order valence-corrected chi connectivity index (χ0v) is 69.7. The highest BCUT2D eigenvalue weighted by molar-refractivity contribution is 5.77. The largest absolute Gasteiger partial charge is 0.382 e. The summed E-state index contributed by atoms with van der Waals surface area (Å²) >= 11 is 0. The average molecular weight is 1680 g/mol. The van der Waals surface area contributed by atoms with Gasteiger partial charge in [-0.1, -0.05) is 0 Å². The standard InChI is InChI=1S/C75H149N5O35/c1-85-20-23-93-36-39-101-50-53-107-62-65-110-59-56-104-47-44-98-33-28-90-17-9-77-71(81)4-13-113-68-75(80-74(84)7-12-88-26-31-96-42-43-97-32-27-89-16-8-76,69-114-14-5-72(82)78-10-18-91-29-34-99-45-48-105-57-60-111-66-63-108-54-51-102-40-37-94-24-21-86-2)70-115-15-6-73(83)79-11-19-92-30-35-100-46-49-106-58-61-112-67-64-109-55-52-103-41-38-95-25-22-87-3/h4-70,76H2,1-3H3,(H,77,81)(H,78,82)(H,79,83)(H,80,84). The van der Waals surface area contributed by atoms with Crippen molar-refractivity contribution in [1.29, 1.82) is 0 Å². The number of amides is 4. The van der Waals surface area contributed by atoms with Gasteiger partial charge in [-0.3, -0.25) is 19.2 Å². The minimum absolute atomic E-state index is 0.0270. The Morgan fingerprint density at radius 2 is 0.339 bits per heavy atom. The van der Waals surface area contributed by atoms with Gasteiger partial charge in [-0.25, -0.2) is 0 Å². The Morgan fingerprint density at radius 1 is 0.191 bits per heavy atom. The number of ether oxygens (including phenoxy) is 31. The lowest BCUT2D eigenvalue weighted by atomic mass is 10.0. The van der Waals surface area contributed by atoms with Crippen molar-refractivity contribution in [3.63, 3.8) is 0 Å². The van der Waals surface area contributed by atoms with Crippen LogP contribution in [-0.2, 0) is 166 Å². The van der Waals surface area contributed by atoms with Gasteiger partial charge in [0.2, 0.25) is 23.6 Å².